The van der Waals surface area contributed by atoms with Crippen molar-refractivity contribution in [3.8, 4) is 0 Å². The second-order valence-electron chi connectivity index (χ2n) is 7.14. The first-order chi connectivity index (χ1) is 9.46. The van der Waals surface area contributed by atoms with Crippen molar-refractivity contribution < 1.29 is 24.0 Å². The van der Waals surface area contributed by atoms with E-state index in [0.29, 0.717) is 11.8 Å². The molecular formula is C15H22O5. The van der Waals surface area contributed by atoms with E-state index in [2.05, 4.69) is 6.92 Å². The first-order valence-corrected chi connectivity index (χ1v) is 7.71. The monoisotopic (exact) mass is 282 g/mol. The molecule has 1 spiro atoms. The van der Waals surface area contributed by atoms with Crippen molar-refractivity contribution in [2.24, 2.45) is 23.7 Å². The molecule has 0 radical (unpaired) electrons. The Hall–Kier alpha value is -0.650. The summed E-state index contributed by atoms with van der Waals surface area (Å²) in [6.45, 7) is 6.06. The zero-order valence-electron chi connectivity index (χ0n) is 12.3. The van der Waals surface area contributed by atoms with E-state index in [1.165, 1.54) is 0 Å². The van der Waals surface area contributed by atoms with Crippen molar-refractivity contribution in [1.82, 2.24) is 0 Å². The standard InChI is InChI=1S/C15H22O5/c1-8-4-5-11-9(2)12(16)17-13-15(11)10(8)6-7-14(3,18-13)19-20-15/h8-11,13H,4-7H2,1-3H3/t8-,9-,10+,11+,13?,14-,15-/m1/s1. The molecule has 0 N–H and O–H groups in total. The van der Waals surface area contributed by atoms with Gasteiger partial charge in [-0.15, -0.1) is 0 Å². The summed E-state index contributed by atoms with van der Waals surface area (Å²) in [6, 6.07) is 0. The van der Waals surface area contributed by atoms with Crippen LogP contribution in [0.25, 0.3) is 0 Å². The summed E-state index contributed by atoms with van der Waals surface area (Å²) < 4.78 is 11.6. The van der Waals surface area contributed by atoms with Crippen LogP contribution in [0, 0.1) is 23.7 Å². The van der Waals surface area contributed by atoms with E-state index < -0.39 is 17.7 Å². The highest BCUT2D eigenvalue weighted by atomic mass is 17.3. The molecule has 20 heavy (non-hydrogen) atoms. The Balaban J connectivity index is 1.84. The lowest BCUT2D eigenvalue weighted by Crippen LogP contribution is -2.69. The van der Waals surface area contributed by atoms with Crippen LogP contribution in [0.2, 0.25) is 0 Å². The lowest BCUT2D eigenvalue weighted by molar-refractivity contribution is -0.559. The van der Waals surface area contributed by atoms with Crippen LogP contribution in [0.3, 0.4) is 0 Å². The number of carbonyl (C=O) groups is 1. The molecule has 4 aliphatic heterocycles. The molecule has 0 aromatic rings. The van der Waals surface area contributed by atoms with Gasteiger partial charge >= 0.3 is 5.97 Å². The Morgan fingerprint density at radius 2 is 1.90 bits per heavy atom. The third kappa shape index (κ3) is 1.46. The largest absolute Gasteiger partial charge is 0.432 e. The fourth-order valence-corrected chi connectivity index (χ4v) is 4.76. The molecule has 1 aliphatic carbocycles. The lowest BCUT2D eigenvalue weighted by Gasteiger charge is -2.57. The summed E-state index contributed by atoms with van der Waals surface area (Å²) in [4.78, 5) is 23.7. The third-order valence-electron chi connectivity index (χ3n) is 5.97. The van der Waals surface area contributed by atoms with Crippen LogP contribution < -0.4 is 0 Å². The highest BCUT2D eigenvalue weighted by molar-refractivity contribution is 5.74. The van der Waals surface area contributed by atoms with Gasteiger partial charge in [-0.2, -0.15) is 0 Å². The van der Waals surface area contributed by atoms with Gasteiger partial charge < -0.3 is 9.47 Å². The highest BCUT2D eigenvalue weighted by Crippen LogP contribution is 2.59. The van der Waals surface area contributed by atoms with Gasteiger partial charge in [-0.05, 0) is 32.1 Å². The number of esters is 1. The second-order valence-corrected chi connectivity index (χ2v) is 7.14. The zero-order chi connectivity index (χ0) is 14.1. The van der Waals surface area contributed by atoms with Gasteiger partial charge in [-0.1, -0.05) is 13.8 Å². The molecule has 7 atom stereocenters. The van der Waals surface area contributed by atoms with Gasteiger partial charge in [0.2, 0.25) is 12.1 Å². The fraction of sp³-hybridized carbons (Fsp3) is 0.933. The van der Waals surface area contributed by atoms with E-state index in [1.807, 2.05) is 13.8 Å². The van der Waals surface area contributed by atoms with Gasteiger partial charge in [-0.25, -0.2) is 9.78 Å². The number of fused-ring (bicyclic) bond motifs is 2. The van der Waals surface area contributed by atoms with E-state index in [4.69, 9.17) is 19.2 Å². The van der Waals surface area contributed by atoms with Crippen molar-refractivity contribution in [2.75, 3.05) is 0 Å². The average molecular weight is 282 g/mol. The van der Waals surface area contributed by atoms with Gasteiger partial charge in [0, 0.05) is 18.3 Å². The molecular weight excluding hydrogens is 260 g/mol. The minimum Gasteiger partial charge on any atom is -0.432 e. The fourth-order valence-electron chi connectivity index (χ4n) is 4.76. The minimum absolute atomic E-state index is 0.123. The maximum absolute atomic E-state index is 12.1. The van der Waals surface area contributed by atoms with Crippen LogP contribution in [-0.4, -0.2) is 23.6 Å². The summed E-state index contributed by atoms with van der Waals surface area (Å²) >= 11 is 0. The Kier molecular flexibility index (Phi) is 2.58. The van der Waals surface area contributed by atoms with Gasteiger partial charge in [0.1, 0.15) is 0 Å². The molecule has 5 nitrogen and oxygen atoms in total. The van der Waals surface area contributed by atoms with Gasteiger partial charge in [0.05, 0.1) is 5.92 Å². The van der Waals surface area contributed by atoms with Crippen LogP contribution >= 0.6 is 0 Å². The quantitative estimate of drug-likeness (QED) is 0.504. The van der Waals surface area contributed by atoms with E-state index in [1.54, 1.807) is 0 Å². The van der Waals surface area contributed by atoms with E-state index >= 15 is 0 Å². The number of hydrogen-bond donors (Lipinski definition) is 0. The Morgan fingerprint density at radius 1 is 1.10 bits per heavy atom. The molecule has 5 fully saturated rings. The Morgan fingerprint density at radius 3 is 2.70 bits per heavy atom. The van der Waals surface area contributed by atoms with Crippen molar-refractivity contribution >= 4 is 5.97 Å². The van der Waals surface area contributed by atoms with Gasteiger partial charge in [-0.3, -0.25) is 4.79 Å². The minimum atomic E-state index is -0.793. The molecule has 0 aromatic heterocycles. The van der Waals surface area contributed by atoms with E-state index in [-0.39, 0.29) is 17.8 Å². The van der Waals surface area contributed by atoms with Crippen molar-refractivity contribution in [1.29, 1.82) is 0 Å². The molecule has 5 aliphatic rings. The molecule has 4 saturated heterocycles. The van der Waals surface area contributed by atoms with Crippen LogP contribution in [-0.2, 0) is 24.0 Å². The topological polar surface area (TPSA) is 54.0 Å². The number of ether oxygens (including phenoxy) is 2. The van der Waals surface area contributed by atoms with Crippen molar-refractivity contribution in [3.05, 3.63) is 0 Å². The first-order valence-electron chi connectivity index (χ1n) is 7.71. The van der Waals surface area contributed by atoms with Crippen LogP contribution in [0.4, 0.5) is 0 Å². The predicted molar refractivity (Wildman–Crippen MR) is 68.0 cm³/mol. The molecule has 0 aromatic carbocycles. The first kappa shape index (κ1) is 13.0. The summed E-state index contributed by atoms with van der Waals surface area (Å²) in [5.74, 6) is -0.137. The molecule has 4 heterocycles. The normalized spacial score (nSPS) is 57.8. The third-order valence-corrected chi connectivity index (χ3v) is 5.97. The van der Waals surface area contributed by atoms with E-state index in [9.17, 15) is 4.79 Å². The molecule has 1 saturated carbocycles. The average Bonchev–Trinajstić information content (AvgIpc) is 2.63. The molecule has 2 bridgehead atoms. The number of rotatable bonds is 0. The van der Waals surface area contributed by atoms with Gasteiger partial charge in [0.25, 0.3) is 0 Å². The maximum Gasteiger partial charge on any atom is 0.311 e. The van der Waals surface area contributed by atoms with E-state index in [0.717, 1.165) is 25.7 Å². The SMILES string of the molecule is C[C@@H]1CC[C@H]2[C@@H](C)C(=O)OC3O[C@@]4(C)CC[C@@H]1[C@]32OO4. The maximum atomic E-state index is 12.1. The zero-order valence-corrected chi connectivity index (χ0v) is 12.3. The molecule has 5 rings (SSSR count). The predicted octanol–water partition coefficient (Wildman–Crippen LogP) is 2.39. The number of carbonyl (C=O) groups excluding carboxylic acids is 1. The van der Waals surface area contributed by atoms with Crippen LogP contribution in [0.1, 0.15) is 46.5 Å². The van der Waals surface area contributed by atoms with Gasteiger partial charge in [0.15, 0.2) is 5.60 Å². The molecule has 0 amide bonds. The van der Waals surface area contributed by atoms with Crippen LogP contribution in [0.5, 0.6) is 0 Å². The molecule has 1 unspecified atom stereocenters. The molecule has 112 valence electrons. The van der Waals surface area contributed by atoms with Crippen molar-refractivity contribution in [2.45, 2.75) is 64.1 Å². The summed E-state index contributed by atoms with van der Waals surface area (Å²) in [7, 11) is 0. The second kappa shape index (κ2) is 3.96. The Labute approximate surface area is 118 Å². The van der Waals surface area contributed by atoms with Crippen molar-refractivity contribution in [3.63, 3.8) is 0 Å². The summed E-state index contributed by atoms with van der Waals surface area (Å²) in [5, 5.41) is 0. The lowest BCUT2D eigenvalue weighted by atomic mass is 9.58. The summed E-state index contributed by atoms with van der Waals surface area (Å²) in [5.41, 5.74) is -0.610. The van der Waals surface area contributed by atoms with Crippen LogP contribution in [0.15, 0.2) is 0 Å². The molecule has 5 heteroatoms. The Bertz CT molecular complexity index is 452. The smallest absolute Gasteiger partial charge is 0.311 e. The summed E-state index contributed by atoms with van der Waals surface area (Å²) in [6.07, 6.45) is 3.24. The highest BCUT2D eigenvalue weighted by Gasteiger charge is 2.69. The number of hydrogen-bond acceptors (Lipinski definition) is 5.